The first-order chi connectivity index (χ1) is 4.52. The van der Waals surface area contributed by atoms with E-state index in [1.165, 1.54) is 11.9 Å². The summed E-state index contributed by atoms with van der Waals surface area (Å²) in [5, 5.41) is 16.0. The average molecular weight is 178 g/mol. The lowest BCUT2D eigenvalue weighted by Crippen LogP contribution is -2.12. The maximum Gasteiger partial charge on any atom is 0.250 e. The topological polar surface area (TPSA) is 105 Å². The lowest BCUT2D eigenvalue weighted by atomic mass is 10.9. The van der Waals surface area contributed by atoms with Crippen molar-refractivity contribution in [2.75, 3.05) is 0 Å². The van der Waals surface area contributed by atoms with Gasteiger partial charge in [0.05, 0.1) is 0 Å². The zero-order chi connectivity index (χ0) is 8.20. The van der Waals surface area contributed by atoms with Gasteiger partial charge in [-0.15, -0.1) is 0 Å². The Balaban J connectivity index is 4.47. The monoisotopic (exact) mass is 178 g/mol. The van der Waals surface area contributed by atoms with Crippen LogP contribution < -0.4 is 0 Å². The number of nitriles is 2. The normalized spacial score (nSPS) is 14.3. The highest BCUT2D eigenvalue weighted by molar-refractivity contribution is 7.92. The van der Waals surface area contributed by atoms with Gasteiger partial charge in [-0.05, 0) is 0 Å². The molecule has 0 aliphatic carbocycles. The van der Waals surface area contributed by atoms with E-state index in [9.17, 15) is 13.0 Å². The Bertz CT molecular complexity index is 284. The first-order valence-corrected chi connectivity index (χ1v) is 4.81. The second-order valence-corrected chi connectivity index (χ2v) is 4.57. The van der Waals surface area contributed by atoms with Crippen LogP contribution in [0.5, 0.6) is 0 Å². The van der Waals surface area contributed by atoms with Crippen LogP contribution in [0.4, 0.5) is 0 Å². The molecule has 54 valence electrons. The van der Waals surface area contributed by atoms with Gasteiger partial charge in [-0.1, -0.05) is 0 Å². The molecule has 0 aliphatic heterocycles. The van der Waals surface area contributed by atoms with Crippen molar-refractivity contribution >= 4 is 18.7 Å². The van der Waals surface area contributed by atoms with Crippen LogP contribution in [0.25, 0.3) is 0 Å². The summed E-state index contributed by atoms with van der Waals surface area (Å²) < 4.78 is 30.1. The lowest BCUT2D eigenvalue weighted by molar-refractivity contribution is 0.464. The van der Waals surface area contributed by atoms with Crippen molar-refractivity contribution in [2.45, 2.75) is 4.99 Å². The summed E-state index contributed by atoms with van der Waals surface area (Å²) in [7, 11) is -5.84. The Labute approximate surface area is 59.8 Å². The summed E-state index contributed by atoms with van der Waals surface area (Å²) in [6.45, 7) is 0. The van der Waals surface area contributed by atoms with E-state index in [0.717, 1.165) is 0 Å². The molecule has 10 heavy (non-hydrogen) atoms. The molecule has 0 spiro atoms. The molecule has 7 heteroatoms. The van der Waals surface area contributed by atoms with Crippen molar-refractivity contribution in [2.24, 2.45) is 0 Å². The maximum absolute atomic E-state index is 10.0. The fourth-order valence-electron chi connectivity index (χ4n) is 0.253. The van der Waals surface area contributed by atoms with Gasteiger partial charge in [-0.3, -0.25) is 0 Å². The van der Waals surface area contributed by atoms with Crippen molar-refractivity contribution in [1.82, 2.24) is 0 Å². The molecular formula is C3H3N2O3PS. The van der Waals surface area contributed by atoms with Gasteiger partial charge in [-0.2, -0.15) is 10.5 Å². The Morgan fingerprint density at radius 3 is 2.10 bits per heavy atom. The van der Waals surface area contributed by atoms with E-state index in [2.05, 4.69) is 0 Å². The van der Waals surface area contributed by atoms with Gasteiger partial charge < -0.3 is 4.55 Å². The van der Waals surface area contributed by atoms with Crippen LogP contribution in [0, 0.1) is 22.4 Å². The van der Waals surface area contributed by atoms with E-state index in [1.54, 1.807) is 0 Å². The number of hydrogen-bond acceptors (Lipinski definition) is 5. The van der Waals surface area contributed by atoms with Gasteiger partial charge in [0.2, 0.25) is 5.81 Å². The smallest absolute Gasteiger partial charge is 0.250 e. The summed E-state index contributed by atoms with van der Waals surface area (Å²) in [5.74, 6) is 1.51. The molecule has 2 atom stereocenters. The van der Waals surface area contributed by atoms with Crippen molar-refractivity contribution in [3.05, 3.63) is 0 Å². The standard InChI is InChI=1S/C3H3N2O3PS/c4-1-3(9-2-5)10(6,7)8/h3,9H,(H,6,7,8). The van der Waals surface area contributed by atoms with Crippen LogP contribution in [0.3, 0.4) is 0 Å². The van der Waals surface area contributed by atoms with E-state index >= 15 is 0 Å². The van der Waals surface area contributed by atoms with Gasteiger partial charge in [0.25, 0.3) is 4.99 Å². The van der Waals surface area contributed by atoms with E-state index < -0.39 is 23.7 Å². The van der Waals surface area contributed by atoms with Crippen LogP contribution in [0.1, 0.15) is 0 Å². The molecule has 0 aliphatic rings. The third kappa shape index (κ3) is 2.75. The van der Waals surface area contributed by atoms with Crippen LogP contribution in [-0.4, -0.2) is 18.0 Å². The van der Waals surface area contributed by atoms with E-state index in [0.29, 0.717) is 0 Å². The van der Waals surface area contributed by atoms with Crippen molar-refractivity contribution in [3.63, 3.8) is 0 Å². The SMILES string of the molecule is N#C[PH2+]C(C#N)S(=O)(=O)[O-]. The fourth-order valence-corrected chi connectivity index (χ4v) is 1.44. The molecule has 5 nitrogen and oxygen atoms in total. The van der Waals surface area contributed by atoms with Gasteiger partial charge in [0.15, 0.2) is 0 Å². The Hall–Kier alpha value is -0.680. The van der Waals surface area contributed by atoms with E-state index in [4.69, 9.17) is 10.5 Å². The van der Waals surface area contributed by atoms with Gasteiger partial charge in [-0.25, -0.2) is 8.42 Å². The molecule has 0 aromatic rings. The largest absolute Gasteiger partial charge is 0.744 e. The first kappa shape index (κ1) is 9.32. The molecule has 0 aromatic heterocycles. The first-order valence-electron chi connectivity index (χ1n) is 2.09. The highest BCUT2D eigenvalue weighted by Crippen LogP contribution is 2.19. The minimum atomic E-state index is -4.57. The number of nitrogens with zero attached hydrogens (tertiary/aromatic N) is 2. The molecular weight excluding hydrogens is 175 g/mol. The lowest BCUT2D eigenvalue weighted by Gasteiger charge is -2.03. The molecule has 0 radical (unpaired) electrons. The average Bonchev–Trinajstić information content (AvgIpc) is 1.80. The van der Waals surface area contributed by atoms with E-state index in [-0.39, 0.29) is 0 Å². The molecule has 0 N–H and O–H groups in total. The maximum atomic E-state index is 10.0. The molecule has 0 bridgehead atoms. The Morgan fingerprint density at radius 2 is 2.00 bits per heavy atom. The Kier molecular flexibility index (Phi) is 3.24. The minimum Gasteiger partial charge on any atom is -0.744 e. The molecule has 0 saturated heterocycles. The van der Waals surface area contributed by atoms with Crippen LogP contribution in [-0.2, 0) is 10.1 Å². The van der Waals surface area contributed by atoms with Crippen LogP contribution in [0.2, 0.25) is 0 Å². The second kappa shape index (κ2) is 3.48. The third-order valence-electron chi connectivity index (χ3n) is 0.664. The van der Waals surface area contributed by atoms with Gasteiger partial charge in [0.1, 0.15) is 24.8 Å². The Morgan fingerprint density at radius 1 is 1.50 bits per heavy atom. The van der Waals surface area contributed by atoms with Crippen molar-refractivity contribution in [3.8, 4) is 11.9 Å². The quantitative estimate of drug-likeness (QED) is 0.409. The van der Waals surface area contributed by atoms with E-state index in [1.807, 2.05) is 0 Å². The van der Waals surface area contributed by atoms with Gasteiger partial charge in [0, 0.05) is 0 Å². The minimum absolute atomic E-state index is 1.26. The molecule has 0 aromatic carbocycles. The van der Waals surface area contributed by atoms with Crippen LogP contribution in [0.15, 0.2) is 0 Å². The fraction of sp³-hybridized carbons (Fsp3) is 0.333. The molecule has 2 unspecified atom stereocenters. The summed E-state index contributed by atoms with van der Waals surface area (Å²) in [6, 6.07) is 1.26. The van der Waals surface area contributed by atoms with Crippen LogP contribution >= 0.6 is 8.58 Å². The molecule has 0 rings (SSSR count). The highest BCUT2D eigenvalue weighted by atomic mass is 32.2. The zero-order valence-electron chi connectivity index (χ0n) is 4.68. The second-order valence-electron chi connectivity index (χ2n) is 1.34. The summed E-state index contributed by atoms with van der Waals surface area (Å²) in [4.78, 5) is -1.64. The predicted molar refractivity (Wildman–Crippen MR) is 34.4 cm³/mol. The zero-order valence-corrected chi connectivity index (χ0v) is 6.65. The molecule has 0 saturated carbocycles. The summed E-state index contributed by atoms with van der Waals surface area (Å²) in [6.07, 6.45) is 0. The third-order valence-corrected chi connectivity index (χ3v) is 3.40. The van der Waals surface area contributed by atoms with Gasteiger partial charge >= 0.3 is 0 Å². The summed E-state index contributed by atoms with van der Waals surface area (Å²) in [5.41, 5.74) is 0. The highest BCUT2D eigenvalue weighted by Gasteiger charge is 2.20. The predicted octanol–water partition coefficient (Wildman–Crippen LogP) is -0.727. The summed E-state index contributed by atoms with van der Waals surface area (Å²) >= 11 is 0. The number of rotatable bonds is 2. The van der Waals surface area contributed by atoms with Crippen molar-refractivity contribution in [1.29, 1.82) is 10.5 Å². The molecule has 0 fully saturated rings. The number of hydrogen-bond donors (Lipinski definition) is 0. The van der Waals surface area contributed by atoms with Crippen molar-refractivity contribution < 1.29 is 13.0 Å². The molecule has 0 amide bonds. The molecule has 0 heterocycles.